The first-order valence-corrected chi connectivity index (χ1v) is 12.1. The third kappa shape index (κ3) is 4.31. The second-order valence-electron chi connectivity index (χ2n) is 9.13. The summed E-state index contributed by atoms with van der Waals surface area (Å²) in [7, 11) is 3.39. The molecule has 0 fully saturated rings. The van der Waals surface area contributed by atoms with Crippen LogP contribution in [0.3, 0.4) is 0 Å². The molecule has 11 nitrogen and oxygen atoms in total. The number of fused-ring (bicyclic) bond motifs is 2. The summed E-state index contributed by atoms with van der Waals surface area (Å²) < 4.78 is 7.72. The lowest BCUT2D eigenvalue weighted by atomic mass is 10.1. The van der Waals surface area contributed by atoms with Gasteiger partial charge in [0.25, 0.3) is 11.8 Å². The normalized spacial score (nSPS) is 14.2. The fourth-order valence-corrected chi connectivity index (χ4v) is 4.73. The Hall–Kier alpha value is -4.19. The van der Waals surface area contributed by atoms with Crippen molar-refractivity contribution in [2.24, 2.45) is 0 Å². The van der Waals surface area contributed by atoms with Crippen molar-refractivity contribution in [1.82, 2.24) is 24.6 Å². The summed E-state index contributed by atoms with van der Waals surface area (Å²) >= 11 is 1.34. The van der Waals surface area contributed by atoms with Gasteiger partial charge in [0.15, 0.2) is 5.60 Å². The Labute approximate surface area is 210 Å². The minimum Gasteiger partial charge on any atom is -0.476 e. The highest BCUT2D eigenvalue weighted by Gasteiger charge is 2.36. The third-order valence-electron chi connectivity index (χ3n) is 5.90. The van der Waals surface area contributed by atoms with E-state index in [1.54, 1.807) is 63.1 Å². The van der Waals surface area contributed by atoms with Crippen molar-refractivity contribution in [3.63, 3.8) is 0 Å². The molecule has 1 aliphatic heterocycles. The second-order valence-corrected chi connectivity index (χ2v) is 10.2. The van der Waals surface area contributed by atoms with Crippen LogP contribution in [0.2, 0.25) is 0 Å². The number of carbonyl (C=O) groups is 3. The van der Waals surface area contributed by atoms with E-state index in [4.69, 9.17) is 4.74 Å². The number of aromatic amines is 1. The second kappa shape index (κ2) is 8.79. The summed E-state index contributed by atoms with van der Waals surface area (Å²) in [5.41, 5.74) is 1.59. The first kappa shape index (κ1) is 23.5. The van der Waals surface area contributed by atoms with E-state index in [1.807, 2.05) is 6.07 Å². The molecule has 36 heavy (non-hydrogen) atoms. The monoisotopic (exact) mass is 507 g/mol. The Morgan fingerprint density at radius 1 is 1.25 bits per heavy atom. The summed E-state index contributed by atoms with van der Waals surface area (Å²) in [5, 5.41) is 12.5. The number of benzene rings is 1. The van der Waals surface area contributed by atoms with Crippen molar-refractivity contribution in [2.75, 3.05) is 24.7 Å². The quantitative estimate of drug-likeness (QED) is 0.367. The van der Waals surface area contributed by atoms with E-state index < -0.39 is 5.60 Å². The highest BCUT2D eigenvalue weighted by Crippen LogP contribution is 2.38. The smallest absolute Gasteiger partial charge is 0.268 e. The molecule has 0 saturated carbocycles. The summed E-state index contributed by atoms with van der Waals surface area (Å²) in [6.07, 6.45) is 3.67. The van der Waals surface area contributed by atoms with Gasteiger partial charge in [-0.2, -0.15) is 5.10 Å². The van der Waals surface area contributed by atoms with Crippen LogP contribution < -0.4 is 15.4 Å². The number of aryl methyl sites for hydroxylation is 1. The van der Waals surface area contributed by atoms with Gasteiger partial charge in [0.1, 0.15) is 5.75 Å². The van der Waals surface area contributed by atoms with Gasteiger partial charge in [-0.25, -0.2) is 4.98 Å². The highest BCUT2D eigenvalue weighted by molar-refractivity contribution is 7.17. The maximum absolute atomic E-state index is 13.1. The predicted molar refractivity (Wildman–Crippen MR) is 136 cm³/mol. The maximum Gasteiger partial charge on any atom is 0.268 e. The molecule has 0 saturated heterocycles. The standard InChI is InChI=1S/C24H25N7O4S/c1-24(2)22(34)27-15-9-14-16(10-17(15)35-24)31(8-7-20(32)30(3)4)23(28-14)29-21(33)19-6-5-18(36-19)13-11-25-26-12-13/h5-6,9-12H,7-8H2,1-4H3,(H,25,26)(H,27,34)(H,28,29,33). The molecule has 0 unspecified atom stereocenters. The van der Waals surface area contributed by atoms with Crippen molar-refractivity contribution < 1.29 is 19.1 Å². The lowest BCUT2D eigenvalue weighted by Gasteiger charge is -2.31. The van der Waals surface area contributed by atoms with E-state index in [-0.39, 0.29) is 24.1 Å². The van der Waals surface area contributed by atoms with Crippen LogP contribution in [0.15, 0.2) is 36.7 Å². The van der Waals surface area contributed by atoms with Gasteiger partial charge in [-0.1, -0.05) is 0 Å². The number of nitrogens with one attached hydrogen (secondary N) is 3. The molecule has 3 aromatic heterocycles. The predicted octanol–water partition coefficient (Wildman–Crippen LogP) is 3.33. The van der Waals surface area contributed by atoms with Gasteiger partial charge < -0.3 is 19.5 Å². The Morgan fingerprint density at radius 3 is 2.78 bits per heavy atom. The number of aromatic nitrogens is 4. The van der Waals surface area contributed by atoms with Crippen LogP contribution in [0, 0.1) is 0 Å². The fraction of sp³-hybridized carbons (Fsp3) is 0.292. The van der Waals surface area contributed by atoms with Crippen LogP contribution in [-0.2, 0) is 16.1 Å². The van der Waals surface area contributed by atoms with Crippen LogP contribution in [0.1, 0.15) is 29.9 Å². The molecule has 186 valence electrons. The minimum absolute atomic E-state index is 0.0558. The molecular weight excluding hydrogens is 482 g/mol. The number of carbonyl (C=O) groups excluding carboxylic acids is 3. The molecule has 3 amide bonds. The molecule has 0 radical (unpaired) electrons. The van der Waals surface area contributed by atoms with Crippen LogP contribution in [-0.4, -0.2) is 62.1 Å². The van der Waals surface area contributed by atoms with E-state index in [0.29, 0.717) is 39.8 Å². The van der Waals surface area contributed by atoms with E-state index in [0.717, 1.165) is 10.4 Å². The summed E-state index contributed by atoms with van der Waals surface area (Å²) in [5.74, 6) is 0.159. The number of rotatable bonds is 6. The molecule has 0 spiro atoms. The van der Waals surface area contributed by atoms with Crippen LogP contribution in [0.5, 0.6) is 5.75 Å². The number of amides is 3. The number of hydrogen-bond acceptors (Lipinski definition) is 7. The molecule has 0 aliphatic carbocycles. The molecule has 4 heterocycles. The zero-order valence-electron chi connectivity index (χ0n) is 20.2. The molecule has 1 aliphatic rings. The molecule has 3 N–H and O–H groups in total. The topological polar surface area (TPSA) is 134 Å². The zero-order valence-corrected chi connectivity index (χ0v) is 21.0. The average molecular weight is 508 g/mol. The Kier molecular flexibility index (Phi) is 5.75. The molecular formula is C24H25N7O4S. The van der Waals surface area contributed by atoms with Gasteiger partial charge in [0.05, 0.1) is 27.8 Å². The van der Waals surface area contributed by atoms with Crippen molar-refractivity contribution >= 4 is 51.7 Å². The van der Waals surface area contributed by atoms with Gasteiger partial charge in [-0.3, -0.25) is 24.8 Å². The van der Waals surface area contributed by atoms with Gasteiger partial charge in [-0.05, 0) is 32.0 Å². The van der Waals surface area contributed by atoms with Gasteiger partial charge in [0.2, 0.25) is 11.9 Å². The molecule has 1 aromatic carbocycles. The van der Waals surface area contributed by atoms with Gasteiger partial charge in [-0.15, -0.1) is 11.3 Å². The number of nitrogens with zero attached hydrogens (tertiary/aromatic N) is 4. The van der Waals surface area contributed by atoms with Crippen LogP contribution in [0.4, 0.5) is 11.6 Å². The SMILES string of the molecule is CN(C)C(=O)CCn1c(NC(=O)c2ccc(-c3cn[nH]c3)s2)nc2cc3c(cc21)OC(C)(C)C(=O)N3. The number of H-pyrrole nitrogens is 1. The van der Waals surface area contributed by atoms with Crippen molar-refractivity contribution in [1.29, 1.82) is 0 Å². The number of thiophene rings is 1. The largest absolute Gasteiger partial charge is 0.476 e. The summed E-state index contributed by atoms with van der Waals surface area (Å²) in [6, 6.07) is 7.09. The molecule has 0 bridgehead atoms. The van der Waals surface area contributed by atoms with Crippen molar-refractivity contribution in [3.8, 4) is 16.2 Å². The Bertz CT molecular complexity index is 1480. The number of imidazole rings is 1. The van der Waals surface area contributed by atoms with Crippen LogP contribution >= 0.6 is 11.3 Å². The lowest BCUT2D eigenvalue weighted by Crippen LogP contribution is -2.45. The van der Waals surface area contributed by atoms with Crippen LogP contribution in [0.25, 0.3) is 21.5 Å². The Morgan fingerprint density at radius 2 is 2.06 bits per heavy atom. The maximum atomic E-state index is 13.1. The van der Waals surface area contributed by atoms with E-state index >= 15 is 0 Å². The lowest BCUT2D eigenvalue weighted by molar-refractivity contribution is -0.130. The third-order valence-corrected chi connectivity index (χ3v) is 7.03. The fourth-order valence-electron chi connectivity index (χ4n) is 3.84. The number of hydrogen-bond donors (Lipinski definition) is 3. The first-order valence-electron chi connectivity index (χ1n) is 11.3. The first-order chi connectivity index (χ1) is 17.1. The zero-order chi connectivity index (χ0) is 25.6. The highest BCUT2D eigenvalue weighted by atomic mass is 32.1. The number of anilines is 2. The van der Waals surface area contributed by atoms with Crippen molar-refractivity contribution in [3.05, 3.63) is 41.5 Å². The summed E-state index contributed by atoms with van der Waals surface area (Å²) in [6.45, 7) is 3.67. The molecule has 5 rings (SSSR count). The van der Waals surface area contributed by atoms with E-state index in [1.165, 1.54) is 16.2 Å². The number of ether oxygens (including phenoxy) is 1. The minimum atomic E-state index is -1.03. The van der Waals surface area contributed by atoms with Gasteiger partial charge in [0, 0.05) is 49.8 Å². The summed E-state index contributed by atoms with van der Waals surface area (Å²) in [4.78, 5) is 45.3. The van der Waals surface area contributed by atoms with E-state index in [9.17, 15) is 14.4 Å². The average Bonchev–Trinajstić information content (AvgIpc) is 3.57. The molecule has 12 heteroatoms. The molecule has 0 atom stereocenters. The van der Waals surface area contributed by atoms with Crippen molar-refractivity contribution in [2.45, 2.75) is 32.4 Å². The molecule has 4 aromatic rings. The van der Waals surface area contributed by atoms with E-state index in [2.05, 4.69) is 25.8 Å². The van der Waals surface area contributed by atoms with Gasteiger partial charge >= 0.3 is 0 Å². The Balaban J connectivity index is 1.50.